The summed E-state index contributed by atoms with van der Waals surface area (Å²) in [4.78, 5) is 15.2. The average Bonchev–Trinajstić information content (AvgIpc) is 3.19. The topological polar surface area (TPSA) is 58.6 Å². The molecule has 0 spiro atoms. The molecule has 2 N–H and O–H groups in total. The zero-order valence-corrected chi connectivity index (χ0v) is 17.0. The number of para-hydroxylation sites is 1. The van der Waals surface area contributed by atoms with Crippen molar-refractivity contribution in [3.63, 3.8) is 0 Å². The lowest BCUT2D eigenvalue weighted by Gasteiger charge is -2.25. The third-order valence-corrected chi connectivity index (χ3v) is 6.61. The Morgan fingerprint density at radius 1 is 1.22 bits per heavy atom. The molecular weight excluding hydrogens is 382 g/mol. The summed E-state index contributed by atoms with van der Waals surface area (Å²) in [6, 6.07) is 11.7. The highest BCUT2D eigenvalue weighted by molar-refractivity contribution is 7.12. The van der Waals surface area contributed by atoms with Crippen molar-refractivity contribution in [3.05, 3.63) is 51.7 Å². The fourth-order valence-electron chi connectivity index (χ4n) is 4.07. The van der Waals surface area contributed by atoms with Crippen LogP contribution in [-0.2, 0) is 6.42 Å². The van der Waals surface area contributed by atoms with Crippen molar-refractivity contribution in [2.45, 2.75) is 50.9 Å². The SMILES string of the molecule is Cc1cc2c(s1)CCC(CN[C@H]1CC[C@@H](Oc3ccccc3)[C@H]1O)C2=O.Cl. The van der Waals surface area contributed by atoms with E-state index >= 15 is 0 Å². The van der Waals surface area contributed by atoms with E-state index in [1.165, 1.54) is 9.75 Å². The van der Waals surface area contributed by atoms with Crippen LogP contribution in [0, 0.1) is 12.8 Å². The van der Waals surface area contributed by atoms with Gasteiger partial charge < -0.3 is 15.2 Å². The number of ether oxygens (including phenoxy) is 1. The summed E-state index contributed by atoms with van der Waals surface area (Å²) >= 11 is 1.74. The summed E-state index contributed by atoms with van der Waals surface area (Å²) in [6.07, 6.45) is 2.82. The second-order valence-corrected chi connectivity index (χ2v) is 8.69. The maximum atomic E-state index is 12.7. The summed E-state index contributed by atoms with van der Waals surface area (Å²) in [5.41, 5.74) is 0.919. The van der Waals surface area contributed by atoms with Gasteiger partial charge in [0.2, 0.25) is 0 Å². The molecule has 4 rings (SSSR count). The number of carbonyl (C=O) groups is 1. The van der Waals surface area contributed by atoms with Gasteiger partial charge in [-0.05, 0) is 50.8 Å². The lowest BCUT2D eigenvalue weighted by molar-refractivity contribution is 0.0442. The van der Waals surface area contributed by atoms with E-state index in [2.05, 4.69) is 12.2 Å². The predicted molar refractivity (Wildman–Crippen MR) is 110 cm³/mol. The molecule has 6 heteroatoms. The first-order chi connectivity index (χ1) is 12.6. The van der Waals surface area contributed by atoms with E-state index in [-0.39, 0.29) is 36.3 Å². The van der Waals surface area contributed by atoms with Gasteiger partial charge in [0.25, 0.3) is 0 Å². The summed E-state index contributed by atoms with van der Waals surface area (Å²) in [6.45, 7) is 2.69. The van der Waals surface area contributed by atoms with Crippen molar-refractivity contribution < 1.29 is 14.6 Å². The van der Waals surface area contributed by atoms with Crippen molar-refractivity contribution in [1.29, 1.82) is 0 Å². The molecule has 0 aliphatic heterocycles. The number of benzene rings is 1. The largest absolute Gasteiger partial charge is 0.488 e. The number of aliphatic hydroxyl groups is 1. The van der Waals surface area contributed by atoms with Crippen LogP contribution in [0.25, 0.3) is 0 Å². The third-order valence-electron chi connectivity index (χ3n) is 5.50. The molecule has 1 aromatic heterocycles. The van der Waals surface area contributed by atoms with Crippen LogP contribution in [0.2, 0.25) is 0 Å². The van der Waals surface area contributed by atoms with Crippen molar-refractivity contribution in [1.82, 2.24) is 5.32 Å². The van der Waals surface area contributed by atoms with Crippen LogP contribution < -0.4 is 10.1 Å². The van der Waals surface area contributed by atoms with E-state index < -0.39 is 6.10 Å². The second kappa shape index (κ2) is 8.74. The number of thiophene rings is 1. The van der Waals surface area contributed by atoms with Crippen LogP contribution in [0.3, 0.4) is 0 Å². The molecule has 2 aliphatic rings. The Balaban J connectivity index is 0.00000210. The first-order valence-electron chi connectivity index (χ1n) is 9.38. The minimum absolute atomic E-state index is 0. The predicted octanol–water partition coefficient (Wildman–Crippen LogP) is 3.78. The van der Waals surface area contributed by atoms with E-state index in [9.17, 15) is 9.90 Å². The van der Waals surface area contributed by atoms with Gasteiger partial charge in [-0.1, -0.05) is 18.2 Å². The Bertz CT molecular complexity index is 779. The van der Waals surface area contributed by atoms with Gasteiger partial charge in [0, 0.05) is 33.8 Å². The highest BCUT2D eigenvalue weighted by atomic mass is 35.5. The number of rotatable bonds is 5. The minimum Gasteiger partial charge on any atom is -0.488 e. The molecule has 2 aliphatic carbocycles. The maximum absolute atomic E-state index is 12.7. The molecule has 0 radical (unpaired) electrons. The fourth-order valence-corrected chi connectivity index (χ4v) is 5.13. The van der Waals surface area contributed by atoms with Gasteiger partial charge >= 0.3 is 0 Å². The fraction of sp³-hybridized carbons (Fsp3) is 0.476. The van der Waals surface area contributed by atoms with Gasteiger partial charge in [-0.15, -0.1) is 23.7 Å². The van der Waals surface area contributed by atoms with Gasteiger partial charge in [0.05, 0.1) is 0 Å². The van der Waals surface area contributed by atoms with E-state index in [1.807, 2.05) is 36.4 Å². The zero-order chi connectivity index (χ0) is 18.1. The van der Waals surface area contributed by atoms with Crippen molar-refractivity contribution >= 4 is 29.5 Å². The van der Waals surface area contributed by atoms with Crippen molar-refractivity contribution in [2.75, 3.05) is 6.54 Å². The Labute approximate surface area is 170 Å². The Morgan fingerprint density at radius 3 is 2.78 bits per heavy atom. The molecule has 27 heavy (non-hydrogen) atoms. The number of ketones is 1. The molecule has 1 aromatic carbocycles. The molecule has 0 amide bonds. The number of nitrogens with one attached hydrogen (secondary N) is 1. The van der Waals surface area contributed by atoms with E-state index in [4.69, 9.17) is 4.74 Å². The van der Waals surface area contributed by atoms with Gasteiger partial charge in [-0.3, -0.25) is 4.79 Å². The maximum Gasteiger partial charge on any atom is 0.168 e. The van der Waals surface area contributed by atoms with E-state index in [0.29, 0.717) is 6.54 Å². The minimum atomic E-state index is -0.548. The van der Waals surface area contributed by atoms with E-state index in [0.717, 1.165) is 37.0 Å². The number of aryl methyl sites for hydroxylation is 2. The lowest BCUT2D eigenvalue weighted by atomic mass is 9.87. The Kier molecular flexibility index (Phi) is 6.58. The molecule has 146 valence electrons. The van der Waals surface area contributed by atoms with Gasteiger partial charge in [0.1, 0.15) is 18.0 Å². The van der Waals surface area contributed by atoms with Crippen LogP contribution in [-0.4, -0.2) is 35.7 Å². The molecule has 1 fully saturated rings. The monoisotopic (exact) mass is 407 g/mol. The average molecular weight is 408 g/mol. The second-order valence-electron chi connectivity index (χ2n) is 7.35. The number of hydrogen-bond donors (Lipinski definition) is 2. The molecule has 1 heterocycles. The quantitative estimate of drug-likeness (QED) is 0.791. The summed E-state index contributed by atoms with van der Waals surface area (Å²) in [7, 11) is 0. The van der Waals surface area contributed by atoms with Gasteiger partial charge in [-0.2, -0.15) is 0 Å². The molecule has 0 bridgehead atoms. The van der Waals surface area contributed by atoms with Gasteiger partial charge in [-0.25, -0.2) is 0 Å². The summed E-state index contributed by atoms with van der Waals surface area (Å²) in [5, 5.41) is 14.0. The van der Waals surface area contributed by atoms with Gasteiger partial charge in [0.15, 0.2) is 5.78 Å². The standard InChI is InChI=1S/C21H25NO3S.ClH/c1-13-11-16-19(26-13)10-7-14(20(16)23)12-22-17-8-9-18(21(17)24)25-15-5-3-2-4-6-15;/h2-6,11,14,17-18,21-22,24H,7-10,12H2,1H3;1H/t14?,17-,18+,21-;/m0./s1. The number of fused-ring (bicyclic) bond motifs is 1. The molecule has 2 aromatic rings. The van der Waals surface area contributed by atoms with Crippen LogP contribution in [0.1, 0.15) is 39.4 Å². The van der Waals surface area contributed by atoms with Crippen molar-refractivity contribution in [2.24, 2.45) is 5.92 Å². The number of Topliss-reactive ketones (excluding diaryl/α,β-unsaturated/α-hetero) is 1. The third kappa shape index (κ3) is 4.37. The van der Waals surface area contributed by atoms with E-state index in [1.54, 1.807) is 11.3 Å². The summed E-state index contributed by atoms with van der Waals surface area (Å²) < 4.78 is 5.92. The number of halogens is 1. The highest BCUT2D eigenvalue weighted by Crippen LogP contribution is 2.32. The van der Waals surface area contributed by atoms with Crippen LogP contribution in [0.15, 0.2) is 36.4 Å². The van der Waals surface area contributed by atoms with Crippen molar-refractivity contribution in [3.8, 4) is 5.75 Å². The summed E-state index contributed by atoms with van der Waals surface area (Å²) in [5.74, 6) is 1.06. The number of carbonyl (C=O) groups excluding carboxylic acids is 1. The first kappa shape index (κ1) is 20.3. The Morgan fingerprint density at radius 2 is 2.00 bits per heavy atom. The molecular formula is C21H26ClNO3S. The normalized spacial score (nSPS) is 27.1. The smallest absolute Gasteiger partial charge is 0.168 e. The number of aliphatic hydroxyl groups excluding tert-OH is 1. The molecule has 4 atom stereocenters. The van der Waals surface area contributed by atoms with Crippen LogP contribution in [0.5, 0.6) is 5.75 Å². The zero-order valence-electron chi connectivity index (χ0n) is 15.4. The molecule has 1 saturated carbocycles. The first-order valence-corrected chi connectivity index (χ1v) is 10.2. The van der Waals surface area contributed by atoms with Crippen LogP contribution >= 0.6 is 23.7 Å². The van der Waals surface area contributed by atoms with Crippen LogP contribution in [0.4, 0.5) is 0 Å². The molecule has 4 nitrogen and oxygen atoms in total. The molecule has 0 saturated heterocycles. The molecule has 1 unspecified atom stereocenters. The number of hydrogen-bond acceptors (Lipinski definition) is 5. The lowest BCUT2D eigenvalue weighted by Crippen LogP contribution is -2.44. The Hall–Kier alpha value is -1.40. The highest BCUT2D eigenvalue weighted by Gasteiger charge is 2.37.